The van der Waals surface area contributed by atoms with E-state index < -0.39 is 0 Å². The van der Waals surface area contributed by atoms with Crippen molar-refractivity contribution in [1.29, 1.82) is 0 Å². The van der Waals surface area contributed by atoms with Crippen LogP contribution in [0.1, 0.15) is 38.3 Å². The third-order valence-corrected chi connectivity index (χ3v) is 3.71. The minimum Gasteiger partial charge on any atom is -0.505 e. The fourth-order valence-corrected chi connectivity index (χ4v) is 2.38. The average Bonchev–Trinajstić information content (AvgIpc) is 2.52. The topological polar surface area (TPSA) is 88.0 Å². The molecule has 0 spiro atoms. The van der Waals surface area contributed by atoms with Gasteiger partial charge in [0, 0.05) is 12.0 Å². The van der Waals surface area contributed by atoms with E-state index in [1.165, 1.54) is 0 Å². The van der Waals surface area contributed by atoms with Crippen molar-refractivity contribution in [3.05, 3.63) is 47.5 Å². The standard InChI is InChI=1S/C19H23N3O2/c1-19(2,3)14-11-13(7-6-10-23)12-17(18(14)24)22-21-16-9-5-4-8-15(16)20/h4-5,8-12,24H,6-7,20H2,1-3H3. The number of nitrogens with two attached hydrogens (primary N) is 1. The molecule has 0 heterocycles. The molecule has 126 valence electrons. The van der Waals surface area contributed by atoms with Crippen LogP contribution in [0, 0.1) is 0 Å². The number of hydrogen-bond acceptors (Lipinski definition) is 5. The molecule has 2 aromatic carbocycles. The van der Waals surface area contributed by atoms with E-state index in [9.17, 15) is 9.90 Å². The molecule has 0 unspecified atom stereocenters. The predicted octanol–water partition coefficient (Wildman–Crippen LogP) is 4.82. The van der Waals surface area contributed by atoms with Gasteiger partial charge in [-0.3, -0.25) is 0 Å². The minimum absolute atomic E-state index is 0.107. The molecule has 0 saturated carbocycles. The van der Waals surface area contributed by atoms with Gasteiger partial charge in [-0.15, -0.1) is 10.2 Å². The van der Waals surface area contributed by atoms with E-state index in [0.29, 0.717) is 29.9 Å². The molecule has 0 fully saturated rings. The number of phenols is 1. The first kappa shape index (κ1) is 17.7. The molecular formula is C19H23N3O2. The van der Waals surface area contributed by atoms with Crippen LogP contribution in [0.5, 0.6) is 5.75 Å². The minimum atomic E-state index is -0.253. The number of para-hydroxylation sites is 1. The lowest BCUT2D eigenvalue weighted by Crippen LogP contribution is -2.12. The van der Waals surface area contributed by atoms with E-state index >= 15 is 0 Å². The number of nitrogens with zero attached hydrogens (tertiary/aromatic N) is 2. The largest absolute Gasteiger partial charge is 0.505 e. The van der Waals surface area contributed by atoms with Gasteiger partial charge in [0.25, 0.3) is 0 Å². The Labute approximate surface area is 142 Å². The first-order chi connectivity index (χ1) is 11.3. The first-order valence-electron chi connectivity index (χ1n) is 7.89. The number of benzene rings is 2. The number of rotatable bonds is 5. The summed E-state index contributed by atoms with van der Waals surface area (Å²) in [6.45, 7) is 6.05. The Morgan fingerprint density at radius 1 is 1.12 bits per heavy atom. The molecule has 24 heavy (non-hydrogen) atoms. The van der Waals surface area contributed by atoms with Crippen molar-refractivity contribution < 1.29 is 9.90 Å². The predicted molar refractivity (Wildman–Crippen MR) is 96.2 cm³/mol. The number of hydrogen-bond donors (Lipinski definition) is 2. The lowest BCUT2D eigenvalue weighted by molar-refractivity contribution is -0.107. The van der Waals surface area contributed by atoms with Gasteiger partial charge in [0.05, 0.1) is 5.69 Å². The Balaban J connectivity index is 2.47. The van der Waals surface area contributed by atoms with Crippen LogP contribution in [-0.2, 0) is 16.6 Å². The third kappa shape index (κ3) is 4.19. The number of aryl methyl sites for hydroxylation is 1. The number of azo groups is 1. The highest BCUT2D eigenvalue weighted by molar-refractivity contribution is 5.63. The second kappa shape index (κ2) is 7.25. The Morgan fingerprint density at radius 2 is 1.79 bits per heavy atom. The zero-order chi connectivity index (χ0) is 17.7. The van der Waals surface area contributed by atoms with E-state index in [0.717, 1.165) is 17.4 Å². The SMILES string of the molecule is CC(C)(C)c1cc(CCC=O)cc(N=Nc2ccccc2N)c1O. The Hall–Kier alpha value is -2.69. The second-order valence-electron chi connectivity index (χ2n) is 6.73. The maximum absolute atomic E-state index is 10.7. The van der Waals surface area contributed by atoms with Gasteiger partial charge in [-0.1, -0.05) is 39.0 Å². The van der Waals surface area contributed by atoms with E-state index in [1.54, 1.807) is 18.2 Å². The van der Waals surface area contributed by atoms with Gasteiger partial charge in [0.2, 0.25) is 0 Å². The highest BCUT2D eigenvalue weighted by Crippen LogP contribution is 2.40. The summed E-state index contributed by atoms with van der Waals surface area (Å²) in [6.07, 6.45) is 1.91. The Morgan fingerprint density at radius 3 is 2.42 bits per heavy atom. The van der Waals surface area contributed by atoms with Crippen molar-refractivity contribution in [1.82, 2.24) is 0 Å². The zero-order valence-corrected chi connectivity index (χ0v) is 14.3. The monoisotopic (exact) mass is 325 g/mol. The van der Waals surface area contributed by atoms with Gasteiger partial charge in [-0.25, -0.2) is 0 Å². The molecule has 2 rings (SSSR count). The van der Waals surface area contributed by atoms with Crippen molar-refractivity contribution in [3.63, 3.8) is 0 Å². The number of nitrogen functional groups attached to an aromatic ring is 1. The summed E-state index contributed by atoms with van der Waals surface area (Å²) >= 11 is 0. The van der Waals surface area contributed by atoms with Crippen molar-refractivity contribution in [2.24, 2.45) is 10.2 Å². The first-order valence-corrected chi connectivity index (χ1v) is 7.89. The molecule has 0 bridgehead atoms. The molecule has 0 aliphatic rings. The highest BCUT2D eigenvalue weighted by atomic mass is 16.3. The van der Waals surface area contributed by atoms with Crippen LogP contribution in [0.2, 0.25) is 0 Å². The maximum Gasteiger partial charge on any atom is 0.146 e. The Bertz CT molecular complexity index is 762. The molecule has 5 nitrogen and oxygen atoms in total. The van der Waals surface area contributed by atoms with Gasteiger partial charge in [0.1, 0.15) is 23.4 Å². The van der Waals surface area contributed by atoms with Gasteiger partial charge in [0.15, 0.2) is 0 Å². The molecule has 0 aliphatic carbocycles. The van der Waals surface area contributed by atoms with Crippen LogP contribution >= 0.6 is 0 Å². The van der Waals surface area contributed by atoms with Gasteiger partial charge >= 0.3 is 0 Å². The molecule has 3 N–H and O–H groups in total. The molecule has 0 radical (unpaired) electrons. The lowest BCUT2D eigenvalue weighted by atomic mass is 9.84. The number of carbonyl (C=O) groups excluding carboxylic acids is 1. The summed E-state index contributed by atoms with van der Waals surface area (Å²) in [6, 6.07) is 10.8. The molecule has 0 aromatic heterocycles. The zero-order valence-electron chi connectivity index (χ0n) is 14.3. The van der Waals surface area contributed by atoms with Crippen molar-refractivity contribution in [3.8, 4) is 5.75 Å². The molecular weight excluding hydrogens is 302 g/mol. The summed E-state index contributed by atoms with van der Waals surface area (Å²) in [7, 11) is 0. The molecule has 0 atom stereocenters. The second-order valence-corrected chi connectivity index (χ2v) is 6.73. The number of anilines is 1. The van der Waals surface area contributed by atoms with Gasteiger partial charge in [-0.05, 0) is 35.6 Å². The van der Waals surface area contributed by atoms with Gasteiger partial charge in [-0.2, -0.15) is 0 Å². The van der Waals surface area contributed by atoms with Crippen molar-refractivity contribution in [2.75, 3.05) is 5.73 Å². The van der Waals surface area contributed by atoms with Crippen LogP contribution in [-0.4, -0.2) is 11.4 Å². The van der Waals surface area contributed by atoms with E-state index in [1.807, 2.05) is 39.0 Å². The normalized spacial score (nSPS) is 11.8. The summed E-state index contributed by atoms with van der Waals surface area (Å²) in [4.78, 5) is 10.7. The van der Waals surface area contributed by atoms with Gasteiger partial charge < -0.3 is 15.6 Å². The van der Waals surface area contributed by atoms with Crippen LogP contribution in [0.15, 0.2) is 46.6 Å². The van der Waals surface area contributed by atoms with Crippen molar-refractivity contribution in [2.45, 2.75) is 39.0 Å². The van der Waals surface area contributed by atoms with E-state index in [-0.39, 0.29) is 11.2 Å². The summed E-state index contributed by atoms with van der Waals surface area (Å²) in [5.41, 5.74) is 8.78. The number of phenolic OH excluding ortho intramolecular Hbond substituents is 1. The fourth-order valence-electron chi connectivity index (χ4n) is 2.38. The third-order valence-electron chi connectivity index (χ3n) is 3.71. The highest BCUT2D eigenvalue weighted by Gasteiger charge is 2.21. The maximum atomic E-state index is 10.7. The van der Waals surface area contributed by atoms with Crippen LogP contribution in [0.4, 0.5) is 17.1 Å². The molecule has 5 heteroatoms. The van der Waals surface area contributed by atoms with Crippen molar-refractivity contribution >= 4 is 23.3 Å². The summed E-state index contributed by atoms with van der Waals surface area (Å²) < 4.78 is 0. The van der Waals surface area contributed by atoms with Crippen LogP contribution in [0.25, 0.3) is 0 Å². The summed E-state index contributed by atoms with van der Waals surface area (Å²) in [5, 5.41) is 18.9. The van der Waals surface area contributed by atoms with E-state index in [2.05, 4.69) is 10.2 Å². The average molecular weight is 325 g/mol. The quantitative estimate of drug-likeness (QED) is 0.469. The van der Waals surface area contributed by atoms with Crippen LogP contribution in [0.3, 0.4) is 0 Å². The summed E-state index contributed by atoms with van der Waals surface area (Å²) in [5.74, 6) is 0.107. The fraction of sp³-hybridized carbons (Fsp3) is 0.316. The smallest absolute Gasteiger partial charge is 0.146 e. The van der Waals surface area contributed by atoms with Crippen LogP contribution < -0.4 is 5.73 Å². The number of carbonyl (C=O) groups is 1. The Kier molecular flexibility index (Phi) is 5.34. The molecule has 2 aromatic rings. The number of aromatic hydroxyl groups is 1. The molecule has 0 saturated heterocycles. The lowest BCUT2D eigenvalue weighted by Gasteiger charge is -2.22. The molecule has 0 amide bonds. The molecule has 0 aliphatic heterocycles. The number of aldehydes is 1. The van der Waals surface area contributed by atoms with E-state index in [4.69, 9.17) is 5.73 Å².